The van der Waals surface area contributed by atoms with E-state index in [9.17, 15) is 9.59 Å². The molecule has 0 atom stereocenters. The fourth-order valence-corrected chi connectivity index (χ4v) is 4.49. The molecule has 1 aliphatic rings. The van der Waals surface area contributed by atoms with Crippen molar-refractivity contribution in [1.29, 1.82) is 0 Å². The molecule has 1 amide bonds. The van der Waals surface area contributed by atoms with Gasteiger partial charge in [-0.25, -0.2) is 4.98 Å². The molecule has 1 fully saturated rings. The topological polar surface area (TPSA) is 104 Å². The van der Waals surface area contributed by atoms with Crippen molar-refractivity contribution >= 4 is 28.8 Å². The van der Waals surface area contributed by atoms with Crippen LogP contribution in [0.5, 0.6) is 5.75 Å². The number of anilines is 1. The zero-order valence-corrected chi connectivity index (χ0v) is 19.1. The van der Waals surface area contributed by atoms with Gasteiger partial charge in [-0.1, -0.05) is 6.07 Å². The van der Waals surface area contributed by atoms with E-state index in [1.165, 1.54) is 0 Å². The minimum atomic E-state index is -0.331. The Morgan fingerprint density at radius 2 is 2.00 bits per heavy atom. The van der Waals surface area contributed by atoms with Gasteiger partial charge >= 0.3 is 0 Å². The summed E-state index contributed by atoms with van der Waals surface area (Å²) in [4.78, 5) is 28.6. The van der Waals surface area contributed by atoms with Crippen LogP contribution in [0.15, 0.2) is 48.9 Å². The molecule has 174 valence electrons. The Labute approximate surface area is 196 Å². The first kappa shape index (κ1) is 21.8. The van der Waals surface area contributed by atoms with E-state index in [0.29, 0.717) is 22.8 Å². The van der Waals surface area contributed by atoms with E-state index in [2.05, 4.69) is 15.4 Å². The van der Waals surface area contributed by atoms with Crippen LogP contribution in [0.1, 0.15) is 42.2 Å². The molecule has 1 aromatic carbocycles. The minimum absolute atomic E-state index is 0.161. The predicted molar refractivity (Wildman–Crippen MR) is 128 cm³/mol. The molecule has 1 N–H and O–H groups in total. The van der Waals surface area contributed by atoms with Crippen molar-refractivity contribution < 1.29 is 14.3 Å². The van der Waals surface area contributed by atoms with E-state index < -0.39 is 0 Å². The molecule has 0 spiro atoms. The summed E-state index contributed by atoms with van der Waals surface area (Å²) in [5.74, 6) is 0.357. The molecule has 9 heteroatoms. The quantitative estimate of drug-likeness (QED) is 0.438. The molecule has 4 aromatic rings. The lowest BCUT2D eigenvalue weighted by Crippen LogP contribution is -2.19. The summed E-state index contributed by atoms with van der Waals surface area (Å²) in [5, 5.41) is 12.7. The number of fused-ring (bicyclic) bond motifs is 1. The number of aldehydes is 1. The lowest BCUT2D eigenvalue weighted by atomic mass is 9.87. The van der Waals surface area contributed by atoms with E-state index in [0.717, 1.165) is 48.4 Å². The molecule has 5 rings (SSSR count). The molecular weight excluding hydrogens is 432 g/mol. The molecule has 0 unspecified atom stereocenters. The van der Waals surface area contributed by atoms with Crippen LogP contribution in [0.25, 0.3) is 22.2 Å². The third kappa shape index (κ3) is 4.28. The second-order valence-corrected chi connectivity index (χ2v) is 8.69. The minimum Gasteiger partial charge on any atom is -0.494 e. The van der Waals surface area contributed by atoms with Crippen LogP contribution in [0.2, 0.25) is 0 Å². The van der Waals surface area contributed by atoms with Crippen LogP contribution in [0.4, 0.5) is 5.69 Å². The maximum atomic E-state index is 13.0. The highest BCUT2D eigenvalue weighted by Crippen LogP contribution is 2.34. The van der Waals surface area contributed by atoms with E-state index >= 15 is 0 Å². The van der Waals surface area contributed by atoms with Gasteiger partial charge in [0, 0.05) is 42.4 Å². The molecule has 1 saturated carbocycles. The van der Waals surface area contributed by atoms with Gasteiger partial charge in [0.2, 0.25) is 0 Å². The van der Waals surface area contributed by atoms with Crippen molar-refractivity contribution in [2.75, 3.05) is 12.4 Å². The van der Waals surface area contributed by atoms with Gasteiger partial charge in [0.1, 0.15) is 17.7 Å². The Kier molecular flexibility index (Phi) is 5.83. The number of pyridine rings is 1. The Morgan fingerprint density at radius 1 is 1.18 bits per heavy atom. The lowest BCUT2D eigenvalue weighted by molar-refractivity contribution is -0.112. The zero-order chi connectivity index (χ0) is 23.7. The predicted octanol–water partition coefficient (Wildman–Crippen LogP) is 4.02. The number of hydrogen-bond donors (Lipinski definition) is 1. The lowest BCUT2D eigenvalue weighted by Gasteiger charge is -2.25. The summed E-state index contributed by atoms with van der Waals surface area (Å²) in [5.41, 5.74) is 3.16. The maximum absolute atomic E-state index is 13.0. The summed E-state index contributed by atoms with van der Waals surface area (Å²) in [6, 6.07) is 9.29. The largest absolute Gasteiger partial charge is 0.494 e. The van der Waals surface area contributed by atoms with Gasteiger partial charge < -0.3 is 14.8 Å². The molecule has 1 aliphatic carbocycles. The molecule has 0 radical (unpaired) electrons. The summed E-state index contributed by atoms with van der Waals surface area (Å²) >= 11 is 0. The highest BCUT2D eigenvalue weighted by atomic mass is 16.5. The van der Waals surface area contributed by atoms with E-state index in [1.807, 2.05) is 42.3 Å². The van der Waals surface area contributed by atoms with Gasteiger partial charge in [-0.3, -0.25) is 14.2 Å². The molecule has 34 heavy (non-hydrogen) atoms. The van der Waals surface area contributed by atoms with Crippen LogP contribution in [-0.4, -0.2) is 43.8 Å². The summed E-state index contributed by atoms with van der Waals surface area (Å²) in [6.45, 7) is 0. The van der Waals surface area contributed by atoms with Gasteiger partial charge in [0.05, 0.1) is 36.2 Å². The molecule has 3 aromatic heterocycles. The van der Waals surface area contributed by atoms with Crippen molar-refractivity contribution in [3.63, 3.8) is 0 Å². The number of benzene rings is 1. The fraction of sp³-hybridized carbons (Fsp3) is 0.320. The summed E-state index contributed by atoms with van der Waals surface area (Å²) in [7, 11) is 3.40. The van der Waals surface area contributed by atoms with Crippen molar-refractivity contribution in [1.82, 2.24) is 24.5 Å². The average Bonchev–Trinajstić information content (AvgIpc) is 3.49. The number of nitrogens with zero attached hydrogens (tertiary/aromatic N) is 5. The van der Waals surface area contributed by atoms with Crippen LogP contribution in [0.3, 0.4) is 0 Å². The molecule has 0 aliphatic heterocycles. The number of ether oxygens (including phenoxy) is 1. The van der Waals surface area contributed by atoms with Crippen LogP contribution in [-0.2, 0) is 11.8 Å². The fourth-order valence-electron chi connectivity index (χ4n) is 4.49. The number of aryl methyl sites for hydroxylation is 1. The highest BCUT2D eigenvalue weighted by molar-refractivity contribution is 6.05. The number of carbonyl (C=O) groups is 2. The average molecular weight is 459 g/mol. The molecule has 3 heterocycles. The maximum Gasteiger partial charge on any atom is 0.274 e. The number of amides is 1. The normalized spacial score (nSPS) is 18.1. The Hall–Kier alpha value is -4.01. The Bertz CT molecular complexity index is 1350. The van der Waals surface area contributed by atoms with Crippen LogP contribution in [0, 0.1) is 5.92 Å². The number of carbonyl (C=O) groups excluding carboxylic acids is 2. The van der Waals surface area contributed by atoms with E-state index in [-0.39, 0.29) is 17.9 Å². The standard InChI is InChI=1S/C25H26N6O3/c1-30-13-18(12-26-30)20-4-3-5-21(27-20)25(33)28-23-10-17-14-31(29-22(17)11-24(23)34-2)19-8-6-16(15-32)7-9-19/h3-5,10-16,19H,6-9H2,1-2H3,(H,28,33)/t16-,19-. The highest BCUT2D eigenvalue weighted by Gasteiger charge is 2.23. The third-order valence-electron chi connectivity index (χ3n) is 6.38. The number of methoxy groups -OCH3 is 1. The molecule has 0 bridgehead atoms. The summed E-state index contributed by atoms with van der Waals surface area (Å²) < 4.78 is 9.21. The third-order valence-corrected chi connectivity index (χ3v) is 6.38. The first-order valence-electron chi connectivity index (χ1n) is 11.3. The van der Waals surface area contributed by atoms with Crippen molar-refractivity contribution in [2.45, 2.75) is 31.7 Å². The van der Waals surface area contributed by atoms with Gasteiger partial charge in [-0.2, -0.15) is 10.2 Å². The smallest absolute Gasteiger partial charge is 0.274 e. The summed E-state index contributed by atoms with van der Waals surface area (Å²) in [6.07, 6.45) is 10.3. The zero-order valence-electron chi connectivity index (χ0n) is 19.1. The van der Waals surface area contributed by atoms with E-state index in [1.54, 1.807) is 30.1 Å². The van der Waals surface area contributed by atoms with Crippen molar-refractivity contribution in [3.8, 4) is 17.0 Å². The molecule has 0 saturated heterocycles. The van der Waals surface area contributed by atoms with Crippen molar-refractivity contribution in [2.24, 2.45) is 13.0 Å². The first-order chi connectivity index (χ1) is 16.5. The number of rotatable bonds is 6. The van der Waals surface area contributed by atoms with Crippen LogP contribution < -0.4 is 10.1 Å². The Balaban J connectivity index is 1.39. The number of aromatic nitrogens is 5. The van der Waals surface area contributed by atoms with E-state index in [4.69, 9.17) is 9.84 Å². The molecule has 9 nitrogen and oxygen atoms in total. The SMILES string of the molecule is COc1cc2nn([C@H]3CC[C@H](C=O)CC3)cc2cc1NC(=O)c1cccc(-c2cnn(C)c2)n1. The van der Waals surface area contributed by atoms with Gasteiger partial charge in [-0.15, -0.1) is 0 Å². The van der Waals surface area contributed by atoms with Gasteiger partial charge in [0.15, 0.2) is 0 Å². The van der Waals surface area contributed by atoms with Gasteiger partial charge in [0.25, 0.3) is 5.91 Å². The Morgan fingerprint density at radius 3 is 2.71 bits per heavy atom. The number of hydrogen-bond acceptors (Lipinski definition) is 6. The second kappa shape index (κ2) is 9.09. The number of nitrogens with one attached hydrogen (secondary N) is 1. The second-order valence-electron chi connectivity index (χ2n) is 8.69. The van der Waals surface area contributed by atoms with Gasteiger partial charge in [-0.05, 0) is 43.9 Å². The monoisotopic (exact) mass is 458 g/mol. The molecular formula is C25H26N6O3. The van der Waals surface area contributed by atoms with Crippen molar-refractivity contribution in [3.05, 3.63) is 54.6 Å². The van der Waals surface area contributed by atoms with Crippen LogP contribution >= 0.6 is 0 Å². The first-order valence-corrected chi connectivity index (χ1v) is 11.3.